The standard InChI is InChI=1S/C35H46FN3O3/c1-23-29(27-12-8-26(9-13-27)22-37-19-16-25-10-14-28(36)15-11-25)31(39-20-17-35(6,7)18-21-39)30(24(2)38-23)32(33(40)41)42-34(3,4)5/h8-15,32,37H,16-22H2,1-7H3,(H,40,41). The van der Waals surface area contributed by atoms with Crippen LogP contribution in [0.15, 0.2) is 48.5 Å². The topological polar surface area (TPSA) is 74.7 Å². The first kappa shape index (κ1) is 31.6. The highest BCUT2D eigenvalue weighted by molar-refractivity contribution is 5.88. The van der Waals surface area contributed by atoms with Crippen LogP contribution in [0.1, 0.15) is 81.6 Å². The number of piperidine rings is 1. The van der Waals surface area contributed by atoms with Crippen molar-refractivity contribution in [1.82, 2.24) is 10.3 Å². The van der Waals surface area contributed by atoms with Crippen LogP contribution in [-0.2, 0) is 22.5 Å². The summed E-state index contributed by atoms with van der Waals surface area (Å²) >= 11 is 0. The molecule has 3 aromatic rings. The zero-order valence-electron chi connectivity index (χ0n) is 26.2. The van der Waals surface area contributed by atoms with Gasteiger partial charge in [0.2, 0.25) is 0 Å². The lowest BCUT2D eigenvalue weighted by Gasteiger charge is -2.41. The van der Waals surface area contributed by atoms with Crippen molar-refractivity contribution in [2.45, 2.75) is 86.0 Å². The van der Waals surface area contributed by atoms with Crippen molar-refractivity contribution in [3.63, 3.8) is 0 Å². The second-order valence-corrected chi connectivity index (χ2v) is 13.3. The van der Waals surface area contributed by atoms with Gasteiger partial charge in [-0.25, -0.2) is 9.18 Å². The molecule has 0 bridgehead atoms. The van der Waals surface area contributed by atoms with Crippen LogP contribution in [0.25, 0.3) is 11.1 Å². The summed E-state index contributed by atoms with van der Waals surface area (Å²) in [4.78, 5) is 19.9. The molecule has 226 valence electrons. The maximum Gasteiger partial charge on any atom is 0.337 e. The van der Waals surface area contributed by atoms with Crippen molar-refractivity contribution in [2.24, 2.45) is 5.41 Å². The van der Waals surface area contributed by atoms with Crippen LogP contribution in [0.3, 0.4) is 0 Å². The highest BCUT2D eigenvalue weighted by Gasteiger charge is 2.36. The highest BCUT2D eigenvalue weighted by atomic mass is 19.1. The third-order valence-corrected chi connectivity index (χ3v) is 8.05. The van der Waals surface area contributed by atoms with Gasteiger partial charge in [-0.2, -0.15) is 0 Å². The molecule has 0 amide bonds. The van der Waals surface area contributed by atoms with Crippen molar-refractivity contribution in [3.05, 3.63) is 82.4 Å². The number of pyridine rings is 1. The molecule has 1 fully saturated rings. The Kier molecular flexibility index (Phi) is 9.74. The predicted octanol–water partition coefficient (Wildman–Crippen LogP) is 7.40. The lowest BCUT2D eigenvalue weighted by Crippen LogP contribution is -2.39. The minimum absolute atomic E-state index is 0.217. The van der Waals surface area contributed by atoms with Crippen molar-refractivity contribution >= 4 is 11.7 Å². The number of nitrogens with one attached hydrogen (secondary N) is 1. The molecule has 1 atom stereocenters. The number of aromatic nitrogens is 1. The van der Waals surface area contributed by atoms with Gasteiger partial charge >= 0.3 is 5.97 Å². The van der Waals surface area contributed by atoms with Crippen molar-refractivity contribution in [3.8, 4) is 11.1 Å². The van der Waals surface area contributed by atoms with Gasteiger partial charge in [0.05, 0.1) is 11.3 Å². The van der Waals surface area contributed by atoms with E-state index in [-0.39, 0.29) is 11.2 Å². The number of nitrogens with zero attached hydrogens (tertiary/aromatic N) is 2. The number of carboxylic acids is 1. The molecule has 6 nitrogen and oxygen atoms in total. The summed E-state index contributed by atoms with van der Waals surface area (Å²) in [5.41, 5.74) is 6.96. The van der Waals surface area contributed by atoms with Crippen LogP contribution >= 0.6 is 0 Å². The summed E-state index contributed by atoms with van der Waals surface area (Å²) in [7, 11) is 0. The number of benzene rings is 2. The third kappa shape index (κ3) is 7.96. The second kappa shape index (κ2) is 12.9. The van der Waals surface area contributed by atoms with Crippen LogP contribution in [0.4, 0.5) is 10.1 Å². The fourth-order valence-electron chi connectivity index (χ4n) is 5.66. The maximum absolute atomic E-state index is 13.2. The molecular weight excluding hydrogens is 529 g/mol. The van der Waals surface area contributed by atoms with Crippen molar-refractivity contribution in [2.75, 3.05) is 24.5 Å². The molecule has 1 saturated heterocycles. The molecule has 0 saturated carbocycles. The van der Waals surface area contributed by atoms with E-state index in [1.165, 1.54) is 12.1 Å². The van der Waals surface area contributed by atoms with Crippen molar-refractivity contribution < 1.29 is 19.0 Å². The molecule has 2 heterocycles. The second-order valence-electron chi connectivity index (χ2n) is 13.3. The van der Waals surface area contributed by atoms with Gasteiger partial charge in [0, 0.05) is 42.1 Å². The molecule has 1 unspecified atom stereocenters. The van der Waals surface area contributed by atoms with Gasteiger partial charge in [-0.3, -0.25) is 4.98 Å². The van der Waals surface area contributed by atoms with Crippen LogP contribution in [-0.4, -0.2) is 41.3 Å². The summed E-state index contributed by atoms with van der Waals surface area (Å²) in [6.07, 6.45) is 1.73. The largest absolute Gasteiger partial charge is 0.479 e. The number of ether oxygens (including phenoxy) is 1. The molecule has 0 radical (unpaired) electrons. The predicted molar refractivity (Wildman–Crippen MR) is 167 cm³/mol. The number of hydrogen-bond acceptors (Lipinski definition) is 5. The quantitative estimate of drug-likeness (QED) is 0.245. The summed E-state index contributed by atoms with van der Waals surface area (Å²) < 4.78 is 19.4. The Morgan fingerprint density at radius 2 is 1.62 bits per heavy atom. The summed E-state index contributed by atoms with van der Waals surface area (Å²) in [5.74, 6) is -1.23. The summed E-state index contributed by atoms with van der Waals surface area (Å²) in [6, 6.07) is 15.1. The van der Waals surface area contributed by atoms with Crippen LogP contribution in [0.5, 0.6) is 0 Å². The normalized spacial score (nSPS) is 16.0. The molecule has 4 rings (SSSR count). The van der Waals surface area contributed by atoms with Gasteiger partial charge < -0.3 is 20.1 Å². The van der Waals surface area contributed by atoms with Gasteiger partial charge in [0.25, 0.3) is 0 Å². The Bertz CT molecular complexity index is 1370. The van der Waals surface area contributed by atoms with E-state index in [0.29, 0.717) is 17.8 Å². The number of aliphatic carboxylic acids is 1. The number of anilines is 1. The fourth-order valence-corrected chi connectivity index (χ4v) is 5.66. The number of aryl methyl sites for hydroxylation is 2. The van der Waals surface area contributed by atoms with E-state index in [1.54, 1.807) is 0 Å². The fraction of sp³-hybridized carbons (Fsp3) is 0.486. The molecule has 7 heteroatoms. The van der Waals surface area contributed by atoms with Crippen LogP contribution in [0.2, 0.25) is 0 Å². The Morgan fingerprint density at radius 3 is 2.19 bits per heavy atom. The van der Waals surface area contributed by atoms with Crippen LogP contribution < -0.4 is 10.2 Å². The van der Waals surface area contributed by atoms with E-state index in [1.807, 2.05) is 46.8 Å². The Labute approximate surface area is 250 Å². The maximum atomic E-state index is 13.2. The smallest absolute Gasteiger partial charge is 0.337 e. The molecule has 0 spiro atoms. The molecule has 1 aliphatic rings. The van der Waals surface area contributed by atoms with Crippen LogP contribution in [0, 0.1) is 25.1 Å². The Balaban J connectivity index is 1.66. The summed E-state index contributed by atoms with van der Waals surface area (Å²) in [5, 5.41) is 13.9. The Hall–Kier alpha value is -3.29. The third-order valence-electron chi connectivity index (χ3n) is 8.05. The number of carbonyl (C=O) groups is 1. The van der Waals surface area contributed by atoms with E-state index in [0.717, 1.165) is 72.5 Å². The minimum Gasteiger partial charge on any atom is -0.479 e. The first-order valence-electron chi connectivity index (χ1n) is 15.0. The van der Waals surface area contributed by atoms with Crippen molar-refractivity contribution in [1.29, 1.82) is 0 Å². The number of hydrogen-bond donors (Lipinski definition) is 2. The van der Waals surface area contributed by atoms with Gasteiger partial charge in [0.1, 0.15) is 5.82 Å². The Morgan fingerprint density at radius 1 is 1.02 bits per heavy atom. The molecule has 1 aliphatic heterocycles. The zero-order valence-corrected chi connectivity index (χ0v) is 26.2. The summed E-state index contributed by atoms with van der Waals surface area (Å²) in [6.45, 7) is 17.3. The van der Waals surface area contributed by atoms with Gasteiger partial charge in [-0.1, -0.05) is 50.2 Å². The van der Waals surface area contributed by atoms with Gasteiger partial charge in [-0.05, 0) is 94.7 Å². The zero-order chi connectivity index (χ0) is 30.7. The number of rotatable bonds is 10. The lowest BCUT2D eigenvalue weighted by atomic mass is 9.81. The lowest BCUT2D eigenvalue weighted by molar-refractivity contribution is -0.160. The highest BCUT2D eigenvalue weighted by Crippen LogP contribution is 2.44. The van der Waals surface area contributed by atoms with Gasteiger partial charge in [0.15, 0.2) is 6.10 Å². The minimum atomic E-state index is -1.13. The monoisotopic (exact) mass is 575 g/mol. The average molecular weight is 576 g/mol. The number of carboxylic acid groups (broad SMARTS) is 1. The van der Waals surface area contributed by atoms with Gasteiger partial charge in [-0.15, -0.1) is 0 Å². The van der Waals surface area contributed by atoms with E-state index >= 15 is 0 Å². The molecule has 2 aromatic carbocycles. The molecule has 1 aromatic heterocycles. The van der Waals surface area contributed by atoms with E-state index in [9.17, 15) is 14.3 Å². The first-order valence-corrected chi connectivity index (χ1v) is 15.0. The SMILES string of the molecule is Cc1nc(C)c(C(OC(C)(C)C)C(=O)O)c(N2CCC(C)(C)CC2)c1-c1ccc(CNCCc2ccc(F)cc2)cc1. The number of halogens is 1. The molecular formula is C35H46FN3O3. The first-order chi connectivity index (χ1) is 19.7. The van der Waals surface area contributed by atoms with E-state index < -0.39 is 17.7 Å². The molecule has 0 aliphatic carbocycles. The average Bonchev–Trinajstić information content (AvgIpc) is 2.91. The van der Waals surface area contributed by atoms with E-state index in [4.69, 9.17) is 9.72 Å². The molecule has 2 N–H and O–H groups in total. The van der Waals surface area contributed by atoms with E-state index in [2.05, 4.69) is 48.3 Å². The molecule has 42 heavy (non-hydrogen) atoms.